The van der Waals surface area contributed by atoms with Crippen LogP contribution in [0.2, 0.25) is 5.02 Å². The number of anilines is 1. The van der Waals surface area contributed by atoms with Gasteiger partial charge in [0.05, 0.1) is 0 Å². The maximum atomic E-state index is 12.2. The third kappa shape index (κ3) is 5.14. The lowest BCUT2D eigenvalue weighted by Gasteiger charge is -2.34. The Kier molecular flexibility index (Phi) is 6.24. The average Bonchev–Trinajstić information content (AvgIpc) is 2.64. The van der Waals surface area contributed by atoms with Gasteiger partial charge in [-0.05, 0) is 61.0 Å². The molecule has 1 aliphatic heterocycles. The highest BCUT2D eigenvalue weighted by molar-refractivity contribution is 7.97. The predicted molar refractivity (Wildman–Crippen MR) is 106 cm³/mol. The van der Waals surface area contributed by atoms with E-state index in [0.29, 0.717) is 11.3 Å². The van der Waals surface area contributed by atoms with Crippen molar-refractivity contribution in [3.8, 4) is 0 Å². The summed E-state index contributed by atoms with van der Waals surface area (Å²) < 4.78 is 2.89. The molecule has 1 N–H and O–H groups in total. The van der Waals surface area contributed by atoms with Gasteiger partial charge in [0.2, 0.25) is 0 Å². The molecule has 25 heavy (non-hydrogen) atoms. The summed E-state index contributed by atoms with van der Waals surface area (Å²) in [6, 6.07) is 15.5. The van der Waals surface area contributed by atoms with Crippen molar-refractivity contribution < 1.29 is 4.79 Å². The molecular formula is C19H22ClN3OS. The van der Waals surface area contributed by atoms with Crippen molar-refractivity contribution in [2.24, 2.45) is 0 Å². The standard InChI is InChI=1S/C19H22ClN3OS/c1-22-10-12-23(13-11-22)18-8-4-16(5-9-18)19(24)21-25-14-15-2-6-17(20)7-3-15/h2-9H,10-14H2,1H3,(H,21,24). The van der Waals surface area contributed by atoms with E-state index >= 15 is 0 Å². The second kappa shape index (κ2) is 8.61. The Hall–Kier alpha value is -1.69. The molecule has 0 bridgehead atoms. The molecule has 2 aromatic rings. The van der Waals surface area contributed by atoms with E-state index in [4.69, 9.17) is 11.6 Å². The van der Waals surface area contributed by atoms with Gasteiger partial charge in [-0.1, -0.05) is 23.7 Å². The van der Waals surface area contributed by atoms with Gasteiger partial charge in [-0.2, -0.15) is 0 Å². The zero-order valence-electron chi connectivity index (χ0n) is 14.2. The third-order valence-electron chi connectivity index (χ3n) is 4.31. The van der Waals surface area contributed by atoms with Crippen LogP contribution in [-0.2, 0) is 5.75 Å². The smallest absolute Gasteiger partial charge is 0.261 e. The second-order valence-corrected chi connectivity index (χ2v) is 7.40. The zero-order valence-corrected chi connectivity index (χ0v) is 15.8. The zero-order chi connectivity index (χ0) is 17.6. The van der Waals surface area contributed by atoms with E-state index in [1.165, 1.54) is 17.6 Å². The van der Waals surface area contributed by atoms with Crippen LogP contribution in [0.25, 0.3) is 0 Å². The summed E-state index contributed by atoms with van der Waals surface area (Å²) in [5.41, 5.74) is 2.99. The highest BCUT2D eigenvalue weighted by Crippen LogP contribution is 2.18. The summed E-state index contributed by atoms with van der Waals surface area (Å²) in [5, 5.41) is 0.721. The number of likely N-dealkylation sites (N-methyl/N-ethyl adjacent to an activating group) is 1. The van der Waals surface area contributed by atoms with Crippen molar-refractivity contribution in [1.82, 2.24) is 9.62 Å². The minimum Gasteiger partial charge on any atom is -0.369 e. The molecule has 1 fully saturated rings. The number of nitrogens with zero attached hydrogens (tertiary/aromatic N) is 2. The van der Waals surface area contributed by atoms with Gasteiger partial charge in [0.25, 0.3) is 5.91 Å². The van der Waals surface area contributed by atoms with Crippen LogP contribution < -0.4 is 9.62 Å². The number of carbonyl (C=O) groups is 1. The Morgan fingerprint density at radius 1 is 1.04 bits per heavy atom. The molecule has 1 heterocycles. The number of nitrogens with one attached hydrogen (secondary N) is 1. The molecule has 1 aliphatic rings. The van der Waals surface area contributed by atoms with Crippen LogP contribution in [0.4, 0.5) is 5.69 Å². The molecular weight excluding hydrogens is 354 g/mol. The fourth-order valence-corrected chi connectivity index (χ4v) is 3.52. The highest BCUT2D eigenvalue weighted by atomic mass is 35.5. The van der Waals surface area contributed by atoms with E-state index in [9.17, 15) is 4.79 Å². The summed E-state index contributed by atoms with van der Waals surface area (Å²) in [7, 11) is 2.15. The number of piperazine rings is 1. The fraction of sp³-hybridized carbons (Fsp3) is 0.316. The summed E-state index contributed by atoms with van der Waals surface area (Å²) >= 11 is 7.26. The summed E-state index contributed by atoms with van der Waals surface area (Å²) in [5.74, 6) is 0.645. The molecule has 0 saturated carbocycles. The van der Waals surface area contributed by atoms with Gasteiger partial charge >= 0.3 is 0 Å². The van der Waals surface area contributed by atoms with E-state index in [2.05, 4.69) is 21.6 Å². The van der Waals surface area contributed by atoms with Crippen molar-refractivity contribution >= 4 is 35.1 Å². The molecule has 4 nitrogen and oxygen atoms in total. The number of carbonyl (C=O) groups excluding carboxylic acids is 1. The van der Waals surface area contributed by atoms with Crippen molar-refractivity contribution in [3.63, 3.8) is 0 Å². The summed E-state index contributed by atoms with van der Waals surface area (Å²) in [6.45, 7) is 4.20. The number of rotatable bonds is 5. The van der Waals surface area contributed by atoms with Crippen molar-refractivity contribution in [2.75, 3.05) is 38.1 Å². The molecule has 1 saturated heterocycles. The van der Waals surface area contributed by atoms with Gasteiger partial charge in [-0.25, -0.2) is 0 Å². The van der Waals surface area contributed by atoms with Crippen LogP contribution in [0, 0.1) is 0 Å². The summed E-state index contributed by atoms with van der Waals surface area (Å²) in [4.78, 5) is 16.9. The van der Waals surface area contributed by atoms with E-state index in [-0.39, 0.29) is 5.91 Å². The number of halogens is 1. The quantitative estimate of drug-likeness (QED) is 0.809. The number of hydrogen-bond acceptors (Lipinski definition) is 4. The van der Waals surface area contributed by atoms with E-state index in [1.807, 2.05) is 48.5 Å². The molecule has 0 unspecified atom stereocenters. The van der Waals surface area contributed by atoms with Crippen molar-refractivity contribution in [1.29, 1.82) is 0 Å². The van der Waals surface area contributed by atoms with Gasteiger partial charge < -0.3 is 9.80 Å². The van der Waals surface area contributed by atoms with Crippen LogP contribution in [0.5, 0.6) is 0 Å². The maximum Gasteiger partial charge on any atom is 0.261 e. The van der Waals surface area contributed by atoms with Crippen molar-refractivity contribution in [3.05, 3.63) is 64.7 Å². The van der Waals surface area contributed by atoms with Gasteiger partial charge in [-0.15, -0.1) is 0 Å². The molecule has 6 heteroatoms. The first-order valence-corrected chi connectivity index (χ1v) is 9.68. The average molecular weight is 376 g/mol. The maximum absolute atomic E-state index is 12.2. The lowest BCUT2D eigenvalue weighted by molar-refractivity contribution is 0.0984. The first-order chi connectivity index (χ1) is 12.1. The topological polar surface area (TPSA) is 35.6 Å². The Morgan fingerprint density at radius 3 is 2.32 bits per heavy atom. The normalized spacial score (nSPS) is 15.2. The number of amides is 1. The lowest BCUT2D eigenvalue weighted by Crippen LogP contribution is -2.44. The molecule has 0 aromatic heterocycles. The largest absolute Gasteiger partial charge is 0.369 e. The van der Waals surface area contributed by atoms with Gasteiger partial charge in [0, 0.05) is 48.2 Å². The minimum absolute atomic E-state index is 0.0658. The molecule has 0 spiro atoms. The molecule has 0 atom stereocenters. The Bertz CT molecular complexity index is 698. The SMILES string of the molecule is CN1CCN(c2ccc(C(=O)NSCc3ccc(Cl)cc3)cc2)CC1. The lowest BCUT2D eigenvalue weighted by atomic mass is 10.1. The number of benzene rings is 2. The van der Waals surface area contributed by atoms with E-state index in [0.717, 1.165) is 36.8 Å². The van der Waals surface area contributed by atoms with Crippen LogP contribution in [0.1, 0.15) is 15.9 Å². The molecule has 0 radical (unpaired) electrons. The monoisotopic (exact) mass is 375 g/mol. The fourth-order valence-electron chi connectivity index (χ4n) is 2.71. The van der Waals surface area contributed by atoms with Crippen LogP contribution in [0.3, 0.4) is 0 Å². The molecule has 3 rings (SSSR count). The first-order valence-electron chi connectivity index (χ1n) is 8.32. The van der Waals surface area contributed by atoms with Crippen LogP contribution in [0.15, 0.2) is 48.5 Å². The molecule has 2 aromatic carbocycles. The van der Waals surface area contributed by atoms with Gasteiger partial charge in [0.1, 0.15) is 0 Å². The molecule has 1 amide bonds. The van der Waals surface area contributed by atoms with Crippen LogP contribution in [-0.4, -0.2) is 44.0 Å². The van der Waals surface area contributed by atoms with E-state index in [1.54, 1.807) is 0 Å². The second-order valence-electron chi connectivity index (χ2n) is 6.18. The number of hydrogen-bond donors (Lipinski definition) is 1. The van der Waals surface area contributed by atoms with Crippen LogP contribution >= 0.6 is 23.5 Å². The molecule has 132 valence electrons. The molecule has 0 aliphatic carbocycles. The van der Waals surface area contributed by atoms with Crippen molar-refractivity contribution in [2.45, 2.75) is 5.75 Å². The first kappa shape index (κ1) is 18.1. The van der Waals surface area contributed by atoms with Gasteiger partial charge in [0.15, 0.2) is 0 Å². The highest BCUT2D eigenvalue weighted by Gasteiger charge is 2.14. The predicted octanol–water partition coefficient (Wildman–Crippen LogP) is 3.67. The Labute approximate surface area is 158 Å². The Morgan fingerprint density at radius 2 is 1.68 bits per heavy atom. The third-order valence-corrected chi connectivity index (χ3v) is 5.37. The Balaban J connectivity index is 1.49. The van der Waals surface area contributed by atoms with Gasteiger partial charge in [-0.3, -0.25) is 9.52 Å². The minimum atomic E-state index is -0.0658. The summed E-state index contributed by atoms with van der Waals surface area (Å²) in [6.07, 6.45) is 0. The van der Waals surface area contributed by atoms with E-state index < -0.39 is 0 Å².